The molecule has 0 radical (unpaired) electrons. The van der Waals surface area contributed by atoms with Crippen molar-refractivity contribution in [2.75, 3.05) is 12.4 Å². The smallest absolute Gasteiger partial charge is 0.256 e. The van der Waals surface area contributed by atoms with Gasteiger partial charge in [0.05, 0.1) is 16.2 Å². The SMILES string of the molecule is CNC(=O)CCc1c(C=C2C(=O)Nc3ccc(S(=O)(=O)Cc4c(Cl)cccc4Cl)cc32)[nH]c2c1C(=O)CCC2. The number of ketones is 1. The molecule has 8 nitrogen and oxygen atoms in total. The second kappa shape index (κ2) is 10.6. The van der Waals surface area contributed by atoms with Crippen LogP contribution in [0.4, 0.5) is 5.69 Å². The van der Waals surface area contributed by atoms with Gasteiger partial charge in [-0.3, -0.25) is 14.4 Å². The van der Waals surface area contributed by atoms with Crippen molar-refractivity contribution in [2.24, 2.45) is 0 Å². The predicted octanol–water partition coefficient (Wildman–Crippen LogP) is 4.99. The van der Waals surface area contributed by atoms with Crippen LogP contribution in [0.1, 0.15) is 57.7 Å². The number of hydrogen-bond acceptors (Lipinski definition) is 5. The van der Waals surface area contributed by atoms with Crippen LogP contribution < -0.4 is 10.6 Å². The number of carbonyl (C=O) groups excluding carboxylic acids is 3. The lowest BCUT2D eigenvalue weighted by molar-refractivity contribution is -0.120. The molecule has 3 aromatic rings. The molecule has 0 saturated carbocycles. The van der Waals surface area contributed by atoms with E-state index in [0.717, 1.165) is 12.1 Å². The molecule has 3 N–H and O–H groups in total. The average Bonchev–Trinajstić information content (AvgIpc) is 3.41. The predicted molar refractivity (Wildman–Crippen MR) is 151 cm³/mol. The Bertz CT molecular complexity index is 1650. The van der Waals surface area contributed by atoms with Gasteiger partial charge in [-0.1, -0.05) is 29.3 Å². The molecule has 2 aromatic carbocycles. The number of anilines is 1. The standard InChI is InChI=1S/C28H25Cl2N3O5S/c1-31-26(35)11-9-16-24(32-23-6-3-7-25(34)27(16)23)13-18-17-12-15(8-10-22(17)33-28(18)36)39(37,38)14-19-20(29)4-2-5-21(19)30/h2,4-5,8,10,12-13,32H,3,6-7,9,11,14H2,1H3,(H,31,35)(H,33,36). The number of hydrogen-bond donors (Lipinski definition) is 3. The first-order valence-electron chi connectivity index (χ1n) is 12.4. The van der Waals surface area contributed by atoms with Gasteiger partial charge in [0, 0.05) is 63.7 Å². The molecular formula is C28H25Cl2N3O5S. The number of benzene rings is 2. The molecule has 2 heterocycles. The van der Waals surface area contributed by atoms with E-state index >= 15 is 0 Å². The van der Waals surface area contributed by atoms with Crippen LogP contribution in [-0.2, 0) is 38.0 Å². The largest absolute Gasteiger partial charge is 0.359 e. The van der Waals surface area contributed by atoms with E-state index in [4.69, 9.17) is 23.2 Å². The summed E-state index contributed by atoms with van der Waals surface area (Å²) in [6, 6.07) is 9.23. The summed E-state index contributed by atoms with van der Waals surface area (Å²) in [5.74, 6) is -0.958. The molecule has 202 valence electrons. The van der Waals surface area contributed by atoms with E-state index in [1.165, 1.54) is 12.1 Å². The Balaban J connectivity index is 1.56. The second-order valence-corrected chi connectivity index (χ2v) is 12.3. The first kappa shape index (κ1) is 27.2. The average molecular weight is 586 g/mol. The maximum Gasteiger partial charge on any atom is 0.256 e. The highest BCUT2D eigenvalue weighted by molar-refractivity contribution is 7.90. The Morgan fingerprint density at radius 1 is 1.08 bits per heavy atom. The van der Waals surface area contributed by atoms with Gasteiger partial charge in [-0.2, -0.15) is 0 Å². The molecule has 0 bridgehead atoms. The zero-order valence-corrected chi connectivity index (χ0v) is 23.3. The summed E-state index contributed by atoms with van der Waals surface area (Å²) in [6.07, 6.45) is 3.96. The summed E-state index contributed by atoms with van der Waals surface area (Å²) in [6.45, 7) is 0. The molecule has 11 heteroatoms. The minimum atomic E-state index is -3.86. The van der Waals surface area contributed by atoms with Crippen molar-refractivity contribution >= 4 is 68.0 Å². The molecule has 0 fully saturated rings. The summed E-state index contributed by atoms with van der Waals surface area (Å²) in [5.41, 5.74) is 4.07. The van der Waals surface area contributed by atoms with Gasteiger partial charge in [-0.15, -0.1) is 0 Å². The Morgan fingerprint density at radius 2 is 1.82 bits per heavy atom. The number of carbonyl (C=O) groups is 3. The van der Waals surface area contributed by atoms with Gasteiger partial charge < -0.3 is 15.6 Å². The van der Waals surface area contributed by atoms with Crippen molar-refractivity contribution in [1.82, 2.24) is 10.3 Å². The van der Waals surface area contributed by atoms with Gasteiger partial charge >= 0.3 is 0 Å². The van der Waals surface area contributed by atoms with E-state index in [0.29, 0.717) is 52.9 Å². The summed E-state index contributed by atoms with van der Waals surface area (Å²) >= 11 is 12.4. The number of sulfone groups is 1. The van der Waals surface area contributed by atoms with E-state index in [1.54, 1.807) is 37.4 Å². The van der Waals surface area contributed by atoms with Gasteiger partial charge in [-0.25, -0.2) is 8.42 Å². The summed E-state index contributed by atoms with van der Waals surface area (Å²) in [7, 11) is -2.31. The number of H-pyrrole nitrogens is 1. The number of halogens is 2. The number of Topliss-reactive ketones (excluding diaryl/α,β-unsaturated/α-hetero) is 1. The van der Waals surface area contributed by atoms with Crippen molar-refractivity contribution in [3.63, 3.8) is 0 Å². The monoisotopic (exact) mass is 585 g/mol. The van der Waals surface area contributed by atoms with Crippen LogP contribution in [0.25, 0.3) is 11.6 Å². The Hall–Kier alpha value is -3.40. The third kappa shape index (κ3) is 5.26. The minimum absolute atomic E-state index is 0.00643. The van der Waals surface area contributed by atoms with E-state index in [-0.39, 0.29) is 38.6 Å². The fourth-order valence-corrected chi connectivity index (χ4v) is 7.15. The molecule has 1 aliphatic heterocycles. The van der Waals surface area contributed by atoms with Crippen LogP contribution in [0.5, 0.6) is 0 Å². The van der Waals surface area contributed by atoms with Crippen LogP contribution in [0.3, 0.4) is 0 Å². The lowest BCUT2D eigenvalue weighted by atomic mass is 9.91. The first-order valence-corrected chi connectivity index (χ1v) is 14.8. The Labute approximate surface area is 235 Å². The molecule has 0 spiro atoms. The van der Waals surface area contributed by atoms with Crippen LogP contribution in [0, 0.1) is 0 Å². The van der Waals surface area contributed by atoms with Crippen LogP contribution in [0.2, 0.25) is 10.0 Å². The summed E-state index contributed by atoms with van der Waals surface area (Å²) in [4.78, 5) is 41.1. The van der Waals surface area contributed by atoms with Crippen LogP contribution in [-0.4, -0.2) is 38.0 Å². The molecule has 2 amide bonds. The zero-order valence-electron chi connectivity index (χ0n) is 21.0. The maximum absolute atomic E-state index is 13.3. The molecule has 1 aromatic heterocycles. The second-order valence-electron chi connectivity index (χ2n) is 9.50. The van der Waals surface area contributed by atoms with Gasteiger partial charge in [0.1, 0.15) is 0 Å². The van der Waals surface area contributed by atoms with Gasteiger partial charge in [-0.05, 0) is 61.2 Å². The fourth-order valence-electron chi connectivity index (χ4n) is 5.03. The summed E-state index contributed by atoms with van der Waals surface area (Å²) < 4.78 is 26.7. The molecule has 5 rings (SSSR count). The lowest BCUT2D eigenvalue weighted by Gasteiger charge is -2.11. The number of aromatic nitrogens is 1. The molecule has 0 saturated heterocycles. The van der Waals surface area contributed by atoms with E-state index < -0.39 is 21.5 Å². The topological polar surface area (TPSA) is 125 Å². The van der Waals surface area contributed by atoms with Gasteiger partial charge in [0.15, 0.2) is 15.6 Å². The highest BCUT2D eigenvalue weighted by Crippen LogP contribution is 2.38. The number of aryl methyl sites for hydroxylation is 1. The highest BCUT2D eigenvalue weighted by atomic mass is 35.5. The van der Waals surface area contributed by atoms with Crippen molar-refractivity contribution in [3.05, 3.63) is 80.1 Å². The van der Waals surface area contributed by atoms with E-state index in [2.05, 4.69) is 15.6 Å². The van der Waals surface area contributed by atoms with Crippen LogP contribution >= 0.6 is 23.2 Å². The molecule has 39 heavy (non-hydrogen) atoms. The molecule has 0 atom stereocenters. The maximum atomic E-state index is 13.3. The molecule has 0 unspecified atom stereocenters. The number of amides is 2. The highest BCUT2D eigenvalue weighted by Gasteiger charge is 2.30. The molecule has 2 aliphatic rings. The molecular weight excluding hydrogens is 561 g/mol. The molecule has 1 aliphatic carbocycles. The van der Waals surface area contributed by atoms with Crippen molar-refractivity contribution in [3.8, 4) is 0 Å². The van der Waals surface area contributed by atoms with E-state index in [1.807, 2.05) is 0 Å². The Kier molecular flexibility index (Phi) is 7.41. The van der Waals surface area contributed by atoms with Crippen molar-refractivity contribution in [2.45, 2.75) is 42.8 Å². The number of rotatable bonds is 7. The third-order valence-electron chi connectivity index (χ3n) is 7.02. The fraction of sp³-hybridized carbons (Fsp3) is 0.250. The minimum Gasteiger partial charge on any atom is -0.359 e. The van der Waals surface area contributed by atoms with Gasteiger partial charge in [0.2, 0.25) is 5.91 Å². The third-order valence-corrected chi connectivity index (χ3v) is 9.37. The summed E-state index contributed by atoms with van der Waals surface area (Å²) in [5, 5.41) is 5.86. The van der Waals surface area contributed by atoms with Crippen molar-refractivity contribution < 1.29 is 22.8 Å². The number of nitrogens with one attached hydrogen (secondary N) is 3. The Morgan fingerprint density at radius 3 is 2.54 bits per heavy atom. The number of aromatic amines is 1. The van der Waals surface area contributed by atoms with Crippen molar-refractivity contribution in [1.29, 1.82) is 0 Å². The normalized spacial score (nSPS) is 15.7. The quantitative estimate of drug-likeness (QED) is 0.337. The van der Waals surface area contributed by atoms with E-state index in [9.17, 15) is 22.8 Å². The zero-order chi connectivity index (χ0) is 27.9. The van der Waals surface area contributed by atoms with Gasteiger partial charge in [0.25, 0.3) is 5.91 Å². The van der Waals surface area contributed by atoms with Crippen LogP contribution in [0.15, 0.2) is 41.3 Å². The first-order chi connectivity index (χ1) is 18.6. The lowest BCUT2D eigenvalue weighted by Crippen LogP contribution is -2.19. The number of fused-ring (bicyclic) bond motifs is 2.